The predicted octanol–water partition coefficient (Wildman–Crippen LogP) is 1.46. The summed E-state index contributed by atoms with van der Waals surface area (Å²) in [5.74, 6) is -0.686. The first kappa shape index (κ1) is 15.5. The predicted molar refractivity (Wildman–Crippen MR) is 82.5 cm³/mol. The molecular formula is C17H24N2O4. The molecule has 0 aromatic carbocycles. The fourth-order valence-electron chi connectivity index (χ4n) is 3.95. The second kappa shape index (κ2) is 5.79. The molecule has 4 heterocycles. The molecule has 0 spiro atoms. The van der Waals surface area contributed by atoms with Crippen molar-refractivity contribution in [3.63, 3.8) is 0 Å². The van der Waals surface area contributed by atoms with Gasteiger partial charge in [0, 0.05) is 25.0 Å². The zero-order valence-corrected chi connectivity index (χ0v) is 13.6. The van der Waals surface area contributed by atoms with Crippen LogP contribution in [0.15, 0.2) is 24.5 Å². The first-order valence-corrected chi connectivity index (χ1v) is 8.37. The van der Waals surface area contributed by atoms with Crippen LogP contribution in [-0.2, 0) is 14.2 Å². The van der Waals surface area contributed by atoms with Crippen LogP contribution in [0.4, 0.5) is 0 Å². The molecule has 0 aliphatic carbocycles. The minimum Gasteiger partial charge on any atom is -0.387 e. The number of likely N-dealkylation sites (tertiary alicyclic amines) is 1. The molecule has 0 saturated carbocycles. The average Bonchev–Trinajstić information content (AvgIpc) is 3.17. The second-order valence-electron chi connectivity index (χ2n) is 7.07. The van der Waals surface area contributed by atoms with Gasteiger partial charge >= 0.3 is 0 Å². The monoisotopic (exact) mass is 320 g/mol. The van der Waals surface area contributed by atoms with Crippen LogP contribution in [0.5, 0.6) is 0 Å². The number of rotatable bonds is 3. The third-order valence-electron chi connectivity index (χ3n) is 4.98. The number of hydrogen-bond acceptors (Lipinski definition) is 6. The van der Waals surface area contributed by atoms with Crippen LogP contribution in [0, 0.1) is 0 Å². The van der Waals surface area contributed by atoms with E-state index in [0.717, 1.165) is 19.4 Å². The van der Waals surface area contributed by atoms with Gasteiger partial charge in [-0.15, -0.1) is 0 Å². The molecule has 23 heavy (non-hydrogen) atoms. The lowest BCUT2D eigenvalue weighted by Crippen LogP contribution is -2.41. The van der Waals surface area contributed by atoms with Crippen molar-refractivity contribution in [3.8, 4) is 0 Å². The quantitative estimate of drug-likeness (QED) is 0.909. The molecule has 0 unspecified atom stereocenters. The Morgan fingerprint density at radius 2 is 2.09 bits per heavy atom. The molecular weight excluding hydrogens is 296 g/mol. The van der Waals surface area contributed by atoms with Gasteiger partial charge in [0.1, 0.15) is 18.3 Å². The Morgan fingerprint density at radius 3 is 2.83 bits per heavy atom. The maximum absolute atomic E-state index is 10.5. The van der Waals surface area contributed by atoms with Gasteiger partial charge in [-0.2, -0.15) is 0 Å². The van der Waals surface area contributed by atoms with E-state index in [2.05, 4.69) is 22.0 Å². The Bertz CT molecular complexity index is 553. The third-order valence-corrected chi connectivity index (χ3v) is 4.98. The zero-order valence-electron chi connectivity index (χ0n) is 13.6. The zero-order chi connectivity index (χ0) is 16.0. The van der Waals surface area contributed by atoms with Crippen molar-refractivity contribution in [3.05, 3.63) is 30.1 Å². The molecule has 0 radical (unpaired) electrons. The fourth-order valence-corrected chi connectivity index (χ4v) is 3.95. The summed E-state index contributed by atoms with van der Waals surface area (Å²) in [6.45, 7) is 5.39. The van der Waals surface area contributed by atoms with Gasteiger partial charge in [-0.25, -0.2) is 0 Å². The Balaban J connectivity index is 1.43. The standard InChI is InChI=1S/C17H24N2O4/c1-17(2)22-15-14(20)13(21-16(15)23-17)10-19-9-3-4-12(19)11-5-7-18-8-6-11/h5-8,12-16,20H,3-4,9-10H2,1-2H3/t12-,13-,14-,15+,16-/m1/s1. The van der Waals surface area contributed by atoms with E-state index < -0.39 is 24.3 Å². The SMILES string of the molecule is CC1(C)O[C@H]2O[C@H](CN3CCC[C@@H]3c3ccncc3)[C@@H](O)[C@@H]2O1. The lowest BCUT2D eigenvalue weighted by Gasteiger charge is -2.29. The smallest absolute Gasteiger partial charge is 0.190 e. The summed E-state index contributed by atoms with van der Waals surface area (Å²) in [4.78, 5) is 6.48. The van der Waals surface area contributed by atoms with Crippen LogP contribution in [0.25, 0.3) is 0 Å². The number of fused-ring (bicyclic) bond motifs is 1. The van der Waals surface area contributed by atoms with Crippen LogP contribution >= 0.6 is 0 Å². The van der Waals surface area contributed by atoms with Crippen molar-refractivity contribution in [2.24, 2.45) is 0 Å². The van der Waals surface area contributed by atoms with Crippen molar-refractivity contribution in [2.45, 2.75) is 63.1 Å². The molecule has 4 rings (SSSR count). The maximum Gasteiger partial charge on any atom is 0.190 e. The van der Waals surface area contributed by atoms with E-state index >= 15 is 0 Å². The Morgan fingerprint density at radius 1 is 1.30 bits per heavy atom. The second-order valence-corrected chi connectivity index (χ2v) is 7.07. The highest BCUT2D eigenvalue weighted by atomic mass is 16.8. The number of pyridine rings is 1. The highest BCUT2D eigenvalue weighted by molar-refractivity contribution is 5.16. The molecule has 3 fully saturated rings. The topological polar surface area (TPSA) is 64.1 Å². The van der Waals surface area contributed by atoms with Gasteiger partial charge in [0.2, 0.25) is 0 Å². The van der Waals surface area contributed by atoms with E-state index in [1.54, 1.807) is 0 Å². The number of aromatic nitrogens is 1. The summed E-state index contributed by atoms with van der Waals surface area (Å²) in [5.41, 5.74) is 1.28. The maximum atomic E-state index is 10.5. The first-order chi connectivity index (χ1) is 11.0. The Kier molecular flexibility index (Phi) is 3.90. The number of aliphatic hydroxyl groups excluding tert-OH is 1. The van der Waals surface area contributed by atoms with Gasteiger partial charge in [0.15, 0.2) is 12.1 Å². The highest BCUT2D eigenvalue weighted by Crippen LogP contribution is 2.39. The third kappa shape index (κ3) is 2.90. The van der Waals surface area contributed by atoms with Crippen molar-refractivity contribution in [1.29, 1.82) is 0 Å². The lowest BCUT2D eigenvalue weighted by atomic mass is 10.1. The van der Waals surface area contributed by atoms with Crippen molar-refractivity contribution in [2.75, 3.05) is 13.1 Å². The summed E-state index contributed by atoms with van der Waals surface area (Å²) in [5, 5.41) is 10.5. The van der Waals surface area contributed by atoms with Gasteiger partial charge in [0.05, 0.1) is 0 Å². The van der Waals surface area contributed by atoms with E-state index in [-0.39, 0.29) is 6.10 Å². The molecule has 0 bridgehead atoms. The van der Waals surface area contributed by atoms with Crippen LogP contribution in [-0.4, -0.2) is 58.5 Å². The molecule has 0 amide bonds. The van der Waals surface area contributed by atoms with Crippen LogP contribution in [0.2, 0.25) is 0 Å². The average molecular weight is 320 g/mol. The highest BCUT2D eigenvalue weighted by Gasteiger charge is 2.54. The number of aliphatic hydroxyl groups is 1. The van der Waals surface area contributed by atoms with E-state index in [4.69, 9.17) is 14.2 Å². The molecule has 3 aliphatic heterocycles. The number of nitrogens with zero attached hydrogens (tertiary/aromatic N) is 2. The normalized spacial score (nSPS) is 39.7. The summed E-state index contributed by atoms with van der Waals surface area (Å²) in [7, 11) is 0. The van der Waals surface area contributed by atoms with E-state index in [1.807, 2.05) is 26.2 Å². The molecule has 1 aromatic heterocycles. The number of hydrogen-bond donors (Lipinski definition) is 1. The van der Waals surface area contributed by atoms with E-state index in [1.165, 1.54) is 5.56 Å². The molecule has 1 N–H and O–H groups in total. The minimum atomic E-state index is -0.686. The van der Waals surface area contributed by atoms with Crippen LogP contribution in [0.1, 0.15) is 38.3 Å². The van der Waals surface area contributed by atoms with Gasteiger partial charge in [-0.1, -0.05) is 0 Å². The van der Waals surface area contributed by atoms with Crippen molar-refractivity contribution in [1.82, 2.24) is 9.88 Å². The van der Waals surface area contributed by atoms with Gasteiger partial charge < -0.3 is 19.3 Å². The van der Waals surface area contributed by atoms with E-state index in [9.17, 15) is 5.11 Å². The molecule has 6 heteroatoms. The molecule has 1 aromatic rings. The number of ether oxygens (including phenoxy) is 3. The molecule has 3 aliphatic rings. The van der Waals surface area contributed by atoms with Crippen molar-refractivity contribution >= 4 is 0 Å². The summed E-state index contributed by atoms with van der Waals surface area (Å²) in [6, 6.07) is 4.50. The summed E-state index contributed by atoms with van der Waals surface area (Å²) < 4.78 is 17.4. The summed E-state index contributed by atoms with van der Waals surface area (Å²) in [6.07, 6.45) is 4.16. The first-order valence-electron chi connectivity index (χ1n) is 8.37. The summed E-state index contributed by atoms with van der Waals surface area (Å²) >= 11 is 0. The molecule has 5 atom stereocenters. The largest absolute Gasteiger partial charge is 0.387 e. The minimum absolute atomic E-state index is 0.275. The van der Waals surface area contributed by atoms with Crippen LogP contribution in [0.3, 0.4) is 0 Å². The van der Waals surface area contributed by atoms with E-state index in [0.29, 0.717) is 12.6 Å². The Hall–Kier alpha value is -1.05. The molecule has 3 saturated heterocycles. The molecule has 126 valence electrons. The van der Waals surface area contributed by atoms with Gasteiger partial charge in [-0.05, 0) is 50.9 Å². The fraction of sp³-hybridized carbons (Fsp3) is 0.706. The Labute approximate surface area is 136 Å². The van der Waals surface area contributed by atoms with Crippen LogP contribution < -0.4 is 0 Å². The molecule has 6 nitrogen and oxygen atoms in total. The van der Waals surface area contributed by atoms with Gasteiger partial charge in [-0.3, -0.25) is 9.88 Å². The van der Waals surface area contributed by atoms with Gasteiger partial charge in [0.25, 0.3) is 0 Å². The lowest BCUT2D eigenvalue weighted by molar-refractivity contribution is -0.216. The van der Waals surface area contributed by atoms with Crippen molar-refractivity contribution < 1.29 is 19.3 Å².